The van der Waals surface area contributed by atoms with Crippen LogP contribution in [-0.4, -0.2) is 16.8 Å². The number of aryl methyl sites for hydroxylation is 1. The summed E-state index contributed by atoms with van der Waals surface area (Å²) in [5.74, 6) is -0.640. The summed E-state index contributed by atoms with van der Waals surface area (Å²) in [5, 5.41) is 21.4. The molecule has 4 rings (SSSR count). The molecule has 0 amide bonds. The Labute approximate surface area is 191 Å². The molecule has 0 spiro atoms. The number of nitrogens with one attached hydrogen (secondary N) is 2. The quantitative estimate of drug-likeness (QED) is 0.459. The fourth-order valence-electron chi connectivity index (χ4n) is 3.97. The second kappa shape index (κ2) is 8.74. The molecule has 0 fully saturated rings. The van der Waals surface area contributed by atoms with E-state index in [0.717, 1.165) is 16.7 Å². The third kappa shape index (κ3) is 4.28. The Hall–Kier alpha value is -4.19. The number of hydrogen-bond donors (Lipinski definition) is 3. The Bertz CT molecular complexity index is 1440. The minimum Gasteiger partial charge on any atom is -0.478 e. The third-order valence-electron chi connectivity index (χ3n) is 5.65. The fourth-order valence-corrected chi connectivity index (χ4v) is 3.97. The maximum Gasteiger partial charge on any atom is 0.337 e. The van der Waals surface area contributed by atoms with Crippen LogP contribution < -0.4 is 10.7 Å². The van der Waals surface area contributed by atoms with Crippen LogP contribution in [0.5, 0.6) is 0 Å². The number of aromatic carboxylic acids is 1. The van der Waals surface area contributed by atoms with Crippen molar-refractivity contribution in [1.82, 2.24) is 0 Å². The molecule has 3 aromatic rings. The van der Waals surface area contributed by atoms with E-state index in [1.54, 1.807) is 36.4 Å². The number of fused-ring (bicyclic) bond motifs is 1. The van der Waals surface area contributed by atoms with Gasteiger partial charge in [-0.05, 0) is 56.2 Å². The van der Waals surface area contributed by atoms with Gasteiger partial charge in [-0.25, -0.2) is 4.79 Å². The van der Waals surface area contributed by atoms with Gasteiger partial charge in [-0.2, -0.15) is 0 Å². The summed E-state index contributed by atoms with van der Waals surface area (Å²) in [4.78, 5) is 24.6. The van der Waals surface area contributed by atoms with Gasteiger partial charge in [-0.15, -0.1) is 0 Å². The zero-order valence-electron chi connectivity index (χ0n) is 18.6. The van der Waals surface area contributed by atoms with Gasteiger partial charge >= 0.3 is 5.97 Å². The number of carboxylic acids is 1. The Morgan fingerprint density at radius 1 is 1.18 bits per heavy atom. The molecule has 1 heterocycles. The molecule has 0 aliphatic heterocycles. The van der Waals surface area contributed by atoms with Crippen LogP contribution in [0.4, 0.5) is 5.69 Å². The lowest BCUT2D eigenvalue weighted by atomic mass is 9.97. The van der Waals surface area contributed by atoms with Gasteiger partial charge in [0.1, 0.15) is 11.3 Å². The Kier molecular flexibility index (Phi) is 5.84. The summed E-state index contributed by atoms with van der Waals surface area (Å²) in [6.45, 7) is 5.67. The van der Waals surface area contributed by atoms with Crippen LogP contribution in [0.2, 0.25) is 0 Å². The molecule has 0 bridgehead atoms. The van der Waals surface area contributed by atoms with Crippen molar-refractivity contribution < 1.29 is 14.3 Å². The van der Waals surface area contributed by atoms with Crippen molar-refractivity contribution >= 4 is 33.9 Å². The van der Waals surface area contributed by atoms with Crippen LogP contribution in [-0.2, 0) is 0 Å². The topological polar surface area (TPSA) is 103 Å². The minimum absolute atomic E-state index is 0.166. The van der Waals surface area contributed by atoms with Crippen molar-refractivity contribution in [1.29, 1.82) is 5.41 Å². The van der Waals surface area contributed by atoms with Crippen molar-refractivity contribution in [3.63, 3.8) is 0 Å². The summed E-state index contributed by atoms with van der Waals surface area (Å²) in [7, 11) is 0. The molecule has 1 atom stereocenters. The maximum absolute atomic E-state index is 13.0. The Morgan fingerprint density at radius 2 is 1.94 bits per heavy atom. The van der Waals surface area contributed by atoms with E-state index in [4.69, 9.17) is 9.83 Å². The second-order valence-electron chi connectivity index (χ2n) is 8.01. The largest absolute Gasteiger partial charge is 0.478 e. The lowest BCUT2D eigenvalue weighted by Crippen LogP contribution is -2.13. The zero-order chi connectivity index (χ0) is 23.7. The lowest BCUT2D eigenvalue weighted by Gasteiger charge is -2.19. The van der Waals surface area contributed by atoms with Gasteiger partial charge in [-0.1, -0.05) is 36.4 Å². The van der Waals surface area contributed by atoms with E-state index in [-0.39, 0.29) is 17.0 Å². The van der Waals surface area contributed by atoms with E-state index in [0.29, 0.717) is 33.7 Å². The van der Waals surface area contributed by atoms with Crippen molar-refractivity contribution in [3.8, 4) is 0 Å². The third-order valence-corrected chi connectivity index (χ3v) is 5.65. The first-order chi connectivity index (χ1) is 15.8. The van der Waals surface area contributed by atoms with Gasteiger partial charge in [-0.3, -0.25) is 4.79 Å². The predicted molar refractivity (Wildman–Crippen MR) is 131 cm³/mol. The Morgan fingerprint density at radius 3 is 2.64 bits per heavy atom. The lowest BCUT2D eigenvalue weighted by molar-refractivity contribution is 0.0698. The van der Waals surface area contributed by atoms with Gasteiger partial charge in [0.15, 0.2) is 5.43 Å². The van der Waals surface area contributed by atoms with Crippen LogP contribution in [0.25, 0.3) is 16.5 Å². The van der Waals surface area contributed by atoms with Gasteiger partial charge in [0.05, 0.1) is 22.7 Å². The molecule has 1 aromatic heterocycles. The molecule has 0 radical (unpaired) electrons. The summed E-state index contributed by atoms with van der Waals surface area (Å²) >= 11 is 0. The van der Waals surface area contributed by atoms with Gasteiger partial charge in [0.2, 0.25) is 0 Å². The first-order valence-corrected chi connectivity index (χ1v) is 10.6. The average Bonchev–Trinajstić information content (AvgIpc) is 2.79. The molecule has 0 saturated carbocycles. The predicted octanol–water partition coefficient (Wildman–Crippen LogP) is 5.89. The molecule has 6 heteroatoms. The number of rotatable bonds is 5. The van der Waals surface area contributed by atoms with Crippen molar-refractivity contribution in [2.75, 3.05) is 5.32 Å². The maximum atomic E-state index is 13.0. The van der Waals surface area contributed by atoms with Gasteiger partial charge in [0.25, 0.3) is 0 Å². The van der Waals surface area contributed by atoms with E-state index in [2.05, 4.69) is 5.32 Å². The zero-order valence-corrected chi connectivity index (χ0v) is 18.6. The number of benzene rings is 2. The van der Waals surface area contributed by atoms with Crippen LogP contribution in [0.1, 0.15) is 47.1 Å². The van der Waals surface area contributed by atoms with Crippen molar-refractivity contribution in [2.24, 2.45) is 0 Å². The normalized spacial score (nSPS) is 15.5. The molecule has 0 saturated heterocycles. The smallest absolute Gasteiger partial charge is 0.337 e. The number of allylic oxidation sites excluding steroid dienone is 6. The van der Waals surface area contributed by atoms with Gasteiger partial charge < -0.3 is 20.2 Å². The van der Waals surface area contributed by atoms with Crippen LogP contribution in [0.3, 0.4) is 0 Å². The van der Waals surface area contributed by atoms with Crippen LogP contribution >= 0.6 is 0 Å². The molecule has 33 heavy (non-hydrogen) atoms. The highest BCUT2D eigenvalue weighted by molar-refractivity contribution is 6.14. The van der Waals surface area contributed by atoms with Gasteiger partial charge in [0, 0.05) is 22.9 Å². The second-order valence-corrected chi connectivity index (χ2v) is 8.01. The number of carboxylic acid groups (broad SMARTS) is 1. The summed E-state index contributed by atoms with van der Waals surface area (Å²) < 4.78 is 6.23. The van der Waals surface area contributed by atoms with Crippen LogP contribution in [0.15, 0.2) is 81.6 Å². The highest BCUT2D eigenvalue weighted by Crippen LogP contribution is 2.31. The summed E-state index contributed by atoms with van der Waals surface area (Å²) in [6, 6.07) is 11.5. The van der Waals surface area contributed by atoms with E-state index < -0.39 is 5.97 Å². The molecule has 1 aliphatic rings. The number of hydrogen-bond acceptors (Lipinski definition) is 5. The van der Waals surface area contributed by atoms with E-state index in [1.165, 1.54) is 6.07 Å². The molecule has 2 aromatic carbocycles. The SMILES string of the molecule is C/C=C1/C=CC(c2cc(=O)c3cc(C)cc(C(C)Nc4ccccc4C(=O)O)c3o2)=CC1=N. The van der Waals surface area contributed by atoms with Crippen molar-refractivity contribution in [3.05, 3.63) is 105 Å². The molecule has 1 aliphatic carbocycles. The van der Waals surface area contributed by atoms with Crippen LogP contribution in [0, 0.1) is 12.3 Å². The molecule has 166 valence electrons. The molecule has 6 nitrogen and oxygen atoms in total. The minimum atomic E-state index is -1.02. The molecule has 3 N–H and O–H groups in total. The van der Waals surface area contributed by atoms with E-state index >= 15 is 0 Å². The first-order valence-electron chi connectivity index (χ1n) is 10.6. The Balaban J connectivity index is 1.83. The average molecular weight is 440 g/mol. The molecular formula is C27H24N2O4. The fraction of sp³-hybridized carbons (Fsp3) is 0.148. The summed E-state index contributed by atoms with van der Waals surface area (Å²) in [6.07, 6.45) is 7.19. The number of para-hydroxylation sites is 1. The first kappa shape index (κ1) is 22.0. The monoisotopic (exact) mass is 440 g/mol. The number of carbonyl (C=O) groups is 1. The van der Waals surface area contributed by atoms with E-state index in [9.17, 15) is 14.7 Å². The standard InChI is InChI=1S/C27H24N2O4/c1-4-17-9-10-18(13-22(17)28)25-14-24(30)21-12-15(2)11-20(26(21)33-25)16(3)29-23-8-6-5-7-19(23)27(31)32/h4-14,16,28-29H,1-3H3,(H,31,32)/b17-4-,28-22?. The highest BCUT2D eigenvalue weighted by atomic mass is 16.4. The number of anilines is 1. The van der Waals surface area contributed by atoms with E-state index in [1.807, 2.05) is 45.1 Å². The summed E-state index contributed by atoms with van der Waals surface area (Å²) in [5.41, 5.74) is 4.35. The van der Waals surface area contributed by atoms with Crippen molar-refractivity contribution in [2.45, 2.75) is 26.8 Å². The molecular weight excluding hydrogens is 416 g/mol. The highest BCUT2D eigenvalue weighted by Gasteiger charge is 2.19. The molecule has 1 unspecified atom stereocenters.